The van der Waals surface area contributed by atoms with Crippen molar-refractivity contribution in [2.45, 2.75) is 0 Å². The molecule has 3 heterocycles. The summed E-state index contributed by atoms with van der Waals surface area (Å²) >= 11 is 2.24. The minimum absolute atomic E-state index is 0.565. The molecule has 0 saturated heterocycles. The molecule has 0 N–H and O–H groups in total. The van der Waals surface area contributed by atoms with E-state index >= 15 is 0 Å². The Morgan fingerprint density at radius 2 is 1.90 bits per heavy atom. The average Bonchev–Trinajstić information content (AvgIpc) is 3.10. The predicted octanol–water partition coefficient (Wildman–Crippen LogP) is 3.74. The average molecular weight is 394 g/mol. The van der Waals surface area contributed by atoms with Crippen molar-refractivity contribution in [1.29, 1.82) is 0 Å². The number of allylic oxidation sites excluding steroid dienone is 2. The quantitative estimate of drug-likeness (QED) is 0.515. The van der Waals surface area contributed by atoms with Crippen LogP contribution in [0, 0.1) is 3.57 Å². The van der Waals surface area contributed by atoms with E-state index in [4.69, 9.17) is 0 Å². The zero-order valence-corrected chi connectivity index (χ0v) is 13.0. The molecule has 0 bridgehead atoms. The summed E-state index contributed by atoms with van der Waals surface area (Å²) in [7, 11) is 0. The summed E-state index contributed by atoms with van der Waals surface area (Å²) in [4.78, 5) is 0. The van der Waals surface area contributed by atoms with Gasteiger partial charge in [0.2, 0.25) is 0 Å². The number of hydrogen-bond donors (Lipinski definition) is 0. The van der Waals surface area contributed by atoms with Gasteiger partial charge in [0.25, 0.3) is 0 Å². The first kappa shape index (κ1) is 13.0. The van der Waals surface area contributed by atoms with Gasteiger partial charge in [-0.3, -0.25) is 0 Å². The maximum atomic E-state index is 14.6. The molecule has 1 aromatic heterocycles. The molecule has 0 unspecified atom stereocenters. The van der Waals surface area contributed by atoms with Crippen molar-refractivity contribution in [2.75, 3.05) is 0 Å². The molecule has 6 heteroatoms. The molecule has 2 nitrogen and oxygen atoms in total. The number of aromatic nitrogens is 1. The fourth-order valence-corrected chi connectivity index (χ4v) is 3.62. The molecule has 4 rings (SSSR count). The second-order valence-electron chi connectivity index (χ2n) is 5.04. The lowest BCUT2D eigenvalue weighted by molar-refractivity contribution is -0.356. The number of nitrogens with zero attached hydrogens (tertiary/aromatic N) is 2. The molecule has 0 saturated carbocycles. The van der Waals surface area contributed by atoms with Gasteiger partial charge in [0.15, 0.2) is 5.70 Å². The highest BCUT2D eigenvalue weighted by Crippen LogP contribution is 2.39. The van der Waals surface area contributed by atoms with Gasteiger partial charge >= 0.3 is 6.97 Å². The van der Waals surface area contributed by atoms with Gasteiger partial charge in [0.1, 0.15) is 6.21 Å². The van der Waals surface area contributed by atoms with Crippen LogP contribution >= 0.6 is 22.6 Å². The van der Waals surface area contributed by atoms with Crippen molar-refractivity contribution >= 4 is 41.3 Å². The first-order chi connectivity index (χ1) is 10.1. The van der Waals surface area contributed by atoms with Gasteiger partial charge in [0.05, 0.1) is 5.57 Å². The Labute approximate surface area is 134 Å². The summed E-state index contributed by atoms with van der Waals surface area (Å²) in [5, 5.41) is 0. The molecule has 2 aliphatic rings. The minimum Gasteiger partial charge on any atom is -0.396 e. The van der Waals surface area contributed by atoms with E-state index < -0.39 is 6.97 Å². The van der Waals surface area contributed by atoms with Crippen LogP contribution in [0.5, 0.6) is 0 Å². The zero-order chi connectivity index (χ0) is 14.6. The predicted molar refractivity (Wildman–Crippen MR) is 88.4 cm³/mol. The highest BCUT2D eigenvalue weighted by molar-refractivity contribution is 14.1. The second-order valence-corrected chi connectivity index (χ2v) is 6.21. The van der Waals surface area contributed by atoms with Gasteiger partial charge in [-0.1, -0.05) is 18.2 Å². The third-order valence-electron chi connectivity index (χ3n) is 3.88. The third-order valence-corrected chi connectivity index (χ3v) is 4.82. The monoisotopic (exact) mass is 394 g/mol. The molecule has 104 valence electrons. The van der Waals surface area contributed by atoms with Gasteiger partial charge in [0, 0.05) is 27.0 Å². The lowest BCUT2D eigenvalue weighted by atomic mass is 9.86. The summed E-state index contributed by atoms with van der Waals surface area (Å²) in [6, 6.07) is 11.3. The minimum atomic E-state index is -3.81. The molecular formula is C15H10BF2IN2. The van der Waals surface area contributed by atoms with E-state index in [9.17, 15) is 8.63 Å². The Balaban J connectivity index is 2.09. The summed E-state index contributed by atoms with van der Waals surface area (Å²) in [5.41, 5.74) is 2.96. The van der Waals surface area contributed by atoms with Crippen molar-refractivity contribution in [2.24, 2.45) is 0 Å². The summed E-state index contributed by atoms with van der Waals surface area (Å²) < 4.78 is 32.5. The maximum Gasteiger partial charge on any atom is 0.737 e. The van der Waals surface area contributed by atoms with Crippen molar-refractivity contribution in [3.8, 4) is 0 Å². The van der Waals surface area contributed by atoms with Crippen LogP contribution in [-0.2, 0) is 0 Å². The fourth-order valence-electron chi connectivity index (χ4n) is 2.96. The molecule has 21 heavy (non-hydrogen) atoms. The highest BCUT2D eigenvalue weighted by Gasteiger charge is 2.51. The van der Waals surface area contributed by atoms with E-state index in [-0.39, 0.29) is 0 Å². The van der Waals surface area contributed by atoms with Crippen LogP contribution in [0.4, 0.5) is 8.63 Å². The summed E-state index contributed by atoms with van der Waals surface area (Å²) in [6.45, 7) is -3.81. The van der Waals surface area contributed by atoms with E-state index in [1.807, 2.05) is 24.3 Å². The maximum absolute atomic E-state index is 14.6. The molecule has 0 amide bonds. The van der Waals surface area contributed by atoms with Gasteiger partial charge < -0.3 is 17.6 Å². The summed E-state index contributed by atoms with van der Waals surface area (Å²) in [5.74, 6) is 0. The molecule has 0 radical (unpaired) electrons. The van der Waals surface area contributed by atoms with Crippen molar-refractivity contribution in [1.82, 2.24) is 4.48 Å². The van der Waals surface area contributed by atoms with E-state index in [0.29, 0.717) is 11.4 Å². The molecular weight excluding hydrogens is 384 g/mol. The Morgan fingerprint density at radius 3 is 2.71 bits per heavy atom. The van der Waals surface area contributed by atoms with Crippen molar-refractivity contribution in [3.05, 3.63) is 75.3 Å². The Hall–Kier alpha value is -1.70. The van der Waals surface area contributed by atoms with E-state index in [2.05, 4.69) is 22.6 Å². The Morgan fingerprint density at radius 1 is 1.10 bits per heavy atom. The van der Waals surface area contributed by atoms with Crippen molar-refractivity contribution < 1.29 is 13.1 Å². The van der Waals surface area contributed by atoms with Crippen LogP contribution in [0.15, 0.2) is 60.4 Å². The standard InChI is InChI=1S/C15H10BF2IN2/c17-16(18)20-9-3-7-13(20)15(14-8-4-10-21(14)16)11-5-1-2-6-12(11)19/h1-10H. The normalized spacial score (nSPS) is 18.5. The van der Waals surface area contributed by atoms with Crippen molar-refractivity contribution in [3.63, 3.8) is 0 Å². The van der Waals surface area contributed by atoms with Crippen LogP contribution in [0.1, 0.15) is 11.3 Å². The topological polar surface area (TPSA) is 7.94 Å². The van der Waals surface area contributed by atoms with Crippen LogP contribution < -0.4 is 0 Å². The zero-order valence-electron chi connectivity index (χ0n) is 10.9. The second kappa shape index (κ2) is 4.40. The van der Waals surface area contributed by atoms with E-state index in [1.165, 1.54) is 12.4 Å². The van der Waals surface area contributed by atoms with Crippen LogP contribution in [0.2, 0.25) is 0 Å². The smallest absolute Gasteiger partial charge is 0.396 e. The molecule has 0 aliphatic carbocycles. The molecule has 2 aliphatic heterocycles. The van der Waals surface area contributed by atoms with Crippen LogP contribution in [-0.4, -0.2) is 22.1 Å². The first-order valence-electron chi connectivity index (χ1n) is 6.59. The Bertz CT molecular complexity index is 849. The van der Waals surface area contributed by atoms with Gasteiger partial charge in [-0.2, -0.15) is 0 Å². The number of fused-ring (bicyclic) bond motifs is 2. The third kappa shape index (κ3) is 1.71. The molecule has 0 spiro atoms. The molecule has 2 aromatic rings. The van der Waals surface area contributed by atoms with E-state index in [1.54, 1.807) is 24.3 Å². The number of benzene rings is 1. The first-order valence-corrected chi connectivity index (χ1v) is 7.67. The lowest BCUT2D eigenvalue weighted by Crippen LogP contribution is -2.49. The van der Waals surface area contributed by atoms with Gasteiger partial charge in [-0.25, -0.2) is 0 Å². The SMILES string of the molecule is F[B-]1(F)n2cccc2C(c2ccccc2I)=C2C=CC=[N+]21. The number of halogens is 3. The van der Waals surface area contributed by atoms with Gasteiger partial charge in [-0.05, 0) is 47.0 Å². The summed E-state index contributed by atoms with van der Waals surface area (Å²) in [6.07, 6.45) is 6.33. The van der Waals surface area contributed by atoms with Crippen LogP contribution in [0.25, 0.3) is 5.57 Å². The largest absolute Gasteiger partial charge is 0.737 e. The van der Waals surface area contributed by atoms with Gasteiger partial charge in [-0.15, -0.1) is 0 Å². The Kier molecular flexibility index (Phi) is 2.72. The number of hydrogen-bond acceptors (Lipinski definition) is 0. The molecule has 0 fully saturated rings. The van der Waals surface area contributed by atoms with E-state index in [0.717, 1.165) is 23.7 Å². The fraction of sp³-hybridized carbons (Fsp3) is 0. The molecule has 0 atom stereocenters. The highest BCUT2D eigenvalue weighted by atomic mass is 127. The number of rotatable bonds is 1. The lowest BCUT2D eigenvalue weighted by Gasteiger charge is -2.31. The van der Waals surface area contributed by atoms with Crippen LogP contribution in [0.3, 0.4) is 0 Å². The molecule has 1 aromatic carbocycles.